The van der Waals surface area contributed by atoms with E-state index in [1.165, 1.54) is 4.68 Å². The van der Waals surface area contributed by atoms with Gasteiger partial charge < -0.3 is 14.8 Å². The van der Waals surface area contributed by atoms with Gasteiger partial charge in [0, 0.05) is 10.6 Å². The molecule has 0 saturated carbocycles. The van der Waals surface area contributed by atoms with E-state index in [0.717, 1.165) is 0 Å². The molecule has 0 bridgehead atoms. The van der Waals surface area contributed by atoms with Crippen molar-refractivity contribution in [2.24, 2.45) is 0 Å². The van der Waals surface area contributed by atoms with Crippen LogP contribution in [-0.4, -0.2) is 37.8 Å². The molecule has 3 aromatic rings. The number of sulfone groups is 1. The van der Waals surface area contributed by atoms with Gasteiger partial charge in [0.15, 0.2) is 16.4 Å². The fraction of sp³-hybridized carbons (Fsp3) is 0.200. The lowest BCUT2D eigenvalue weighted by Gasteiger charge is -2.12. The van der Waals surface area contributed by atoms with E-state index < -0.39 is 15.7 Å². The van der Waals surface area contributed by atoms with Crippen LogP contribution in [0, 0.1) is 0 Å². The number of carbonyl (C=O) groups is 1. The predicted octanol–water partition coefficient (Wildman–Crippen LogP) is 2.98. The van der Waals surface area contributed by atoms with Gasteiger partial charge in [-0.05, 0) is 42.5 Å². The van der Waals surface area contributed by atoms with E-state index >= 15 is 0 Å². The molecule has 1 N–H and O–H groups in total. The van der Waals surface area contributed by atoms with Crippen LogP contribution in [0.5, 0.6) is 11.5 Å². The van der Waals surface area contributed by atoms with E-state index in [-0.39, 0.29) is 18.1 Å². The highest BCUT2D eigenvalue weighted by atomic mass is 35.5. The number of ether oxygens (including phenoxy) is 2. The van der Waals surface area contributed by atoms with Crippen molar-refractivity contribution in [3.63, 3.8) is 0 Å². The van der Waals surface area contributed by atoms with Crippen molar-refractivity contribution >= 4 is 33.2 Å². The number of carbonyl (C=O) groups excluding carboxylic acids is 1. The minimum atomic E-state index is -3.29. The Hall–Kier alpha value is -3.04. The van der Waals surface area contributed by atoms with E-state index in [4.69, 9.17) is 21.1 Å². The Labute approximate surface area is 178 Å². The van der Waals surface area contributed by atoms with Crippen LogP contribution >= 0.6 is 11.6 Å². The standard InChI is InChI=1S/C20H18ClN3O5S/c1-28-15-5-7-16(8-6-15)29-10-19(25)22-20-17-11-30(26,27)12-18(17)23-24(20)14-4-2-3-13(21)9-14/h2-9H,10-12H2,1H3,(H,22,25). The van der Waals surface area contributed by atoms with Crippen molar-refractivity contribution in [3.05, 3.63) is 64.8 Å². The predicted molar refractivity (Wildman–Crippen MR) is 112 cm³/mol. The van der Waals surface area contributed by atoms with Crippen molar-refractivity contribution in [2.45, 2.75) is 11.5 Å². The van der Waals surface area contributed by atoms with Gasteiger partial charge in [-0.1, -0.05) is 17.7 Å². The zero-order valence-electron chi connectivity index (χ0n) is 16.0. The van der Waals surface area contributed by atoms with Gasteiger partial charge in [0.05, 0.1) is 30.0 Å². The molecular formula is C20H18ClN3O5S. The molecule has 156 valence electrons. The number of aromatic nitrogens is 2. The third-order valence-corrected chi connectivity index (χ3v) is 6.20. The summed E-state index contributed by atoms with van der Waals surface area (Å²) in [6.45, 7) is -0.255. The van der Waals surface area contributed by atoms with Crippen LogP contribution < -0.4 is 14.8 Å². The molecular weight excluding hydrogens is 430 g/mol. The summed E-state index contributed by atoms with van der Waals surface area (Å²) in [5.74, 6) is 0.688. The first-order valence-corrected chi connectivity index (χ1v) is 11.2. The topological polar surface area (TPSA) is 99.5 Å². The van der Waals surface area contributed by atoms with E-state index in [9.17, 15) is 13.2 Å². The number of nitrogens with zero attached hydrogens (tertiary/aromatic N) is 2. The third-order valence-electron chi connectivity index (χ3n) is 4.53. The maximum Gasteiger partial charge on any atom is 0.263 e. The number of hydrogen-bond acceptors (Lipinski definition) is 6. The van der Waals surface area contributed by atoms with E-state index in [1.807, 2.05) is 0 Å². The summed E-state index contributed by atoms with van der Waals surface area (Å²) in [5.41, 5.74) is 1.51. The van der Waals surface area contributed by atoms with Crippen LogP contribution in [0.1, 0.15) is 11.3 Å². The Kier molecular flexibility index (Phi) is 5.40. The molecule has 0 spiro atoms. The summed E-state index contributed by atoms with van der Waals surface area (Å²) < 4.78 is 36.2. The van der Waals surface area contributed by atoms with Crippen LogP contribution in [0.4, 0.5) is 5.82 Å². The molecule has 0 radical (unpaired) electrons. The molecule has 0 atom stereocenters. The van der Waals surface area contributed by atoms with Crippen molar-refractivity contribution in [1.29, 1.82) is 0 Å². The van der Waals surface area contributed by atoms with Crippen molar-refractivity contribution in [2.75, 3.05) is 19.0 Å². The molecule has 1 aromatic heterocycles. The lowest BCUT2D eigenvalue weighted by atomic mass is 10.2. The van der Waals surface area contributed by atoms with Gasteiger partial charge in [0.25, 0.3) is 5.91 Å². The Morgan fingerprint density at radius 2 is 1.90 bits per heavy atom. The Morgan fingerprint density at radius 3 is 2.60 bits per heavy atom. The maximum atomic E-state index is 12.5. The zero-order chi connectivity index (χ0) is 21.3. The average Bonchev–Trinajstić information content (AvgIpc) is 3.19. The van der Waals surface area contributed by atoms with Gasteiger partial charge in [-0.25, -0.2) is 13.1 Å². The second-order valence-corrected chi connectivity index (χ2v) is 9.21. The number of benzene rings is 2. The number of hydrogen-bond donors (Lipinski definition) is 1. The molecule has 0 fully saturated rings. The Morgan fingerprint density at radius 1 is 1.17 bits per heavy atom. The molecule has 0 unspecified atom stereocenters. The van der Waals surface area contributed by atoms with E-state index in [2.05, 4.69) is 10.4 Å². The van der Waals surface area contributed by atoms with E-state index in [0.29, 0.717) is 39.3 Å². The van der Waals surface area contributed by atoms with Crippen molar-refractivity contribution < 1.29 is 22.7 Å². The SMILES string of the molecule is COc1ccc(OCC(=O)Nc2c3c(nn2-c2cccc(Cl)c2)CS(=O)(=O)C3)cc1. The number of methoxy groups -OCH3 is 1. The molecule has 0 aliphatic carbocycles. The molecule has 30 heavy (non-hydrogen) atoms. The van der Waals surface area contributed by atoms with Crippen LogP contribution in [0.2, 0.25) is 5.02 Å². The molecule has 10 heteroatoms. The maximum absolute atomic E-state index is 12.5. The van der Waals surface area contributed by atoms with Crippen LogP contribution in [0.25, 0.3) is 5.69 Å². The van der Waals surface area contributed by atoms with Gasteiger partial charge in [-0.15, -0.1) is 0 Å². The highest BCUT2D eigenvalue weighted by Gasteiger charge is 2.33. The minimum Gasteiger partial charge on any atom is -0.497 e. The van der Waals surface area contributed by atoms with E-state index in [1.54, 1.807) is 55.6 Å². The molecule has 2 heterocycles. The lowest BCUT2D eigenvalue weighted by molar-refractivity contribution is -0.118. The summed E-state index contributed by atoms with van der Waals surface area (Å²) in [7, 11) is -1.73. The minimum absolute atomic E-state index is 0.166. The highest BCUT2D eigenvalue weighted by molar-refractivity contribution is 7.90. The summed E-state index contributed by atoms with van der Waals surface area (Å²) in [4.78, 5) is 12.5. The van der Waals surface area contributed by atoms with Gasteiger partial charge >= 0.3 is 0 Å². The first kappa shape index (κ1) is 20.2. The second kappa shape index (κ2) is 8.00. The molecule has 2 aromatic carbocycles. The molecule has 1 aliphatic heterocycles. The van der Waals surface area contributed by atoms with Crippen LogP contribution in [-0.2, 0) is 26.1 Å². The summed E-state index contributed by atoms with van der Waals surface area (Å²) in [6, 6.07) is 13.7. The first-order valence-electron chi connectivity index (χ1n) is 8.98. The molecule has 8 nitrogen and oxygen atoms in total. The quantitative estimate of drug-likeness (QED) is 0.623. The van der Waals surface area contributed by atoms with Crippen molar-refractivity contribution in [1.82, 2.24) is 9.78 Å². The highest BCUT2D eigenvalue weighted by Crippen LogP contribution is 2.33. The third kappa shape index (κ3) is 4.27. The first-order chi connectivity index (χ1) is 14.3. The molecule has 4 rings (SSSR count). The number of anilines is 1. The van der Waals surface area contributed by atoms with Crippen LogP contribution in [0.15, 0.2) is 48.5 Å². The number of nitrogens with one attached hydrogen (secondary N) is 1. The summed E-state index contributed by atoms with van der Waals surface area (Å²) in [6.07, 6.45) is 0. The second-order valence-electron chi connectivity index (χ2n) is 6.71. The van der Waals surface area contributed by atoms with Gasteiger partial charge in [0.1, 0.15) is 17.3 Å². The number of rotatable bonds is 6. The zero-order valence-corrected chi connectivity index (χ0v) is 17.5. The Bertz CT molecular complexity index is 1210. The number of fused-ring (bicyclic) bond motifs is 1. The fourth-order valence-corrected chi connectivity index (χ4v) is 4.83. The summed E-state index contributed by atoms with van der Waals surface area (Å²) >= 11 is 6.08. The fourth-order valence-electron chi connectivity index (χ4n) is 3.15. The summed E-state index contributed by atoms with van der Waals surface area (Å²) in [5, 5.41) is 7.64. The lowest BCUT2D eigenvalue weighted by Crippen LogP contribution is -2.22. The average molecular weight is 448 g/mol. The molecule has 0 saturated heterocycles. The van der Waals surface area contributed by atoms with Crippen LogP contribution in [0.3, 0.4) is 0 Å². The smallest absolute Gasteiger partial charge is 0.263 e. The van der Waals surface area contributed by atoms with Gasteiger partial charge in [-0.3, -0.25) is 4.79 Å². The largest absolute Gasteiger partial charge is 0.497 e. The number of halogens is 1. The normalized spacial score (nSPS) is 14.2. The number of amides is 1. The molecule has 1 aliphatic rings. The van der Waals surface area contributed by atoms with Crippen molar-refractivity contribution in [3.8, 4) is 17.2 Å². The van der Waals surface area contributed by atoms with Gasteiger partial charge in [-0.2, -0.15) is 5.10 Å². The van der Waals surface area contributed by atoms with Gasteiger partial charge in [0.2, 0.25) is 0 Å². The molecule has 1 amide bonds. The monoisotopic (exact) mass is 447 g/mol. The Balaban J connectivity index is 1.57.